The van der Waals surface area contributed by atoms with Crippen molar-refractivity contribution < 1.29 is 22.6 Å². The maximum atomic E-state index is 11.7. The van der Waals surface area contributed by atoms with Crippen LogP contribution >= 0.6 is 8.03 Å². The second kappa shape index (κ2) is 4.67. The Kier molecular flexibility index (Phi) is 4.57. The van der Waals surface area contributed by atoms with E-state index in [4.69, 9.17) is 4.89 Å². The summed E-state index contributed by atoms with van der Waals surface area (Å²) in [4.78, 5) is 8.48. The lowest BCUT2D eigenvalue weighted by molar-refractivity contribution is -0.126. The molecule has 0 aromatic carbocycles. The molecule has 2 nitrogen and oxygen atoms in total. The van der Waals surface area contributed by atoms with Crippen LogP contribution in [0.2, 0.25) is 0 Å². The minimum atomic E-state index is -4.40. The van der Waals surface area contributed by atoms with Gasteiger partial charge in [0.05, 0.1) is 6.42 Å². The van der Waals surface area contributed by atoms with Gasteiger partial charge < -0.3 is 4.89 Å². The Bertz CT molecular complexity index is 197. The third-order valence-electron chi connectivity index (χ3n) is 1.12. The Hall–Kier alpha value is -0.280. The lowest BCUT2D eigenvalue weighted by Gasteiger charge is -2.06. The summed E-state index contributed by atoms with van der Waals surface area (Å²) in [5.74, 6) is 0. The molecule has 0 aliphatic heterocycles. The Morgan fingerprint density at radius 1 is 1.58 bits per heavy atom. The van der Waals surface area contributed by atoms with Gasteiger partial charge in [0.2, 0.25) is 8.03 Å². The van der Waals surface area contributed by atoms with Gasteiger partial charge in [0.25, 0.3) is 0 Å². The van der Waals surface area contributed by atoms with Gasteiger partial charge in [0.15, 0.2) is 0 Å². The minimum absolute atomic E-state index is 0.336. The van der Waals surface area contributed by atoms with Crippen molar-refractivity contribution in [3.8, 4) is 0 Å². The molecule has 0 amide bonds. The van der Waals surface area contributed by atoms with Crippen LogP contribution in [0.3, 0.4) is 0 Å². The van der Waals surface area contributed by atoms with E-state index in [1.54, 1.807) is 6.92 Å². The van der Waals surface area contributed by atoms with Crippen LogP contribution in [0.4, 0.5) is 13.2 Å². The summed E-state index contributed by atoms with van der Waals surface area (Å²) < 4.78 is 45.5. The lowest BCUT2D eigenvalue weighted by atomic mass is 10.3. The number of hydrogen-bond donors (Lipinski definition) is 1. The zero-order valence-electron chi connectivity index (χ0n) is 6.48. The number of alkyl halides is 3. The number of hydrogen-bond acceptors (Lipinski definition) is 1. The molecule has 0 heterocycles. The van der Waals surface area contributed by atoms with Crippen molar-refractivity contribution in [1.82, 2.24) is 0 Å². The molecule has 0 fully saturated rings. The normalized spacial score (nSPS) is 16.2. The predicted molar refractivity (Wildman–Crippen MR) is 40.3 cm³/mol. The average Bonchev–Trinajstić information content (AvgIpc) is 1.83. The van der Waals surface area contributed by atoms with E-state index in [0.29, 0.717) is 6.42 Å². The van der Waals surface area contributed by atoms with Gasteiger partial charge >= 0.3 is 6.18 Å². The summed E-state index contributed by atoms with van der Waals surface area (Å²) in [5.41, 5.74) is 0. The molecule has 0 bridgehead atoms. The number of halogens is 3. The molecule has 72 valence electrons. The molecule has 0 aromatic rings. The van der Waals surface area contributed by atoms with Crippen LogP contribution in [0.15, 0.2) is 11.4 Å². The van der Waals surface area contributed by atoms with Gasteiger partial charge in [-0.15, -0.1) is 0 Å². The van der Waals surface area contributed by atoms with Crippen molar-refractivity contribution in [3.63, 3.8) is 0 Å². The molecule has 0 saturated heterocycles. The molecule has 0 spiro atoms. The highest BCUT2D eigenvalue weighted by molar-refractivity contribution is 7.43. The first-order valence-corrected chi connectivity index (χ1v) is 4.71. The van der Waals surface area contributed by atoms with Crippen molar-refractivity contribution >= 4 is 8.03 Å². The quantitative estimate of drug-likeness (QED) is 0.714. The largest absolute Gasteiger partial charge is 0.393 e. The molecular weight excluding hydrogens is 192 g/mol. The van der Waals surface area contributed by atoms with E-state index in [1.807, 2.05) is 0 Å². The third-order valence-corrected chi connectivity index (χ3v) is 2.05. The highest BCUT2D eigenvalue weighted by Crippen LogP contribution is 2.37. The molecule has 0 aliphatic rings. The number of allylic oxidation sites excluding steroid dienone is 2. The van der Waals surface area contributed by atoms with E-state index < -0.39 is 25.9 Å². The second-order valence-corrected chi connectivity index (χ2v) is 3.49. The average molecular weight is 202 g/mol. The Morgan fingerprint density at radius 3 is 2.33 bits per heavy atom. The molecule has 1 N–H and O–H groups in total. The molecule has 0 aliphatic carbocycles. The first-order chi connectivity index (χ1) is 5.37. The fourth-order valence-corrected chi connectivity index (χ4v) is 1.43. The predicted octanol–water partition coefficient (Wildman–Crippen LogP) is 2.70. The molecule has 1 unspecified atom stereocenters. The van der Waals surface area contributed by atoms with E-state index in [-0.39, 0.29) is 0 Å². The van der Waals surface area contributed by atoms with Gasteiger partial charge in [-0.2, -0.15) is 13.2 Å². The van der Waals surface area contributed by atoms with Gasteiger partial charge in [-0.05, 0) is 6.42 Å². The summed E-state index contributed by atoms with van der Waals surface area (Å²) in [7, 11) is -3.18. The Morgan fingerprint density at radius 2 is 2.08 bits per heavy atom. The summed E-state index contributed by atoms with van der Waals surface area (Å²) in [5, 5.41) is -0.407. The lowest BCUT2D eigenvalue weighted by Crippen LogP contribution is -2.07. The van der Waals surface area contributed by atoms with E-state index in [9.17, 15) is 17.7 Å². The van der Waals surface area contributed by atoms with Crippen LogP contribution in [0.5, 0.6) is 0 Å². The molecular formula is C6H10F3O2P. The minimum Gasteiger partial charge on any atom is -0.343 e. The van der Waals surface area contributed by atoms with E-state index in [0.717, 1.165) is 6.08 Å². The zero-order chi connectivity index (χ0) is 9.78. The van der Waals surface area contributed by atoms with Crippen molar-refractivity contribution in [2.45, 2.75) is 25.9 Å². The van der Waals surface area contributed by atoms with E-state index in [1.165, 1.54) is 0 Å². The van der Waals surface area contributed by atoms with Gasteiger partial charge in [0.1, 0.15) is 0 Å². The summed E-state index contributed by atoms with van der Waals surface area (Å²) in [6, 6.07) is 0. The molecule has 6 heteroatoms. The van der Waals surface area contributed by atoms with Crippen LogP contribution in [0.1, 0.15) is 19.8 Å². The summed E-state index contributed by atoms with van der Waals surface area (Å²) >= 11 is 0. The standard InChI is InChI=1S/C6H10F3O2P/c1-2-3-5(12(10)11)4-6(7,8)9/h3,12H,2,4H2,1H3,(H,10,11). The Labute approximate surface area is 69.0 Å². The van der Waals surface area contributed by atoms with Crippen LogP contribution in [-0.4, -0.2) is 11.1 Å². The van der Waals surface area contributed by atoms with Crippen LogP contribution in [0.25, 0.3) is 0 Å². The highest BCUT2D eigenvalue weighted by atomic mass is 31.1. The molecule has 0 rings (SSSR count). The van der Waals surface area contributed by atoms with Crippen LogP contribution < -0.4 is 0 Å². The highest BCUT2D eigenvalue weighted by Gasteiger charge is 2.30. The first kappa shape index (κ1) is 11.7. The van der Waals surface area contributed by atoms with Crippen LogP contribution in [0, 0.1) is 0 Å². The molecule has 12 heavy (non-hydrogen) atoms. The fourth-order valence-electron chi connectivity index (χ4n) is 0.697. The molecule has 1 atom stereocenters. The van der Waals surface area contributed by atoms with Crippen molar-refractivity contribution in [2.24, 2.45) is 0 Å². The maximum Gasteiger partial charge on any atom is 0.393 e. The van der Waals surface area contributed by atoms with Crippen molar-refractivity contribution in [1.29, 1.82) is 0 Å². The van der Waals surface area contributed by atoms with E-state index in [2.05, 4.69) is 0 Å². The van der Waals surface area contributed by atoms with E-state index >= 15 is 0 Å². The summed E-state index contributed by atoms with van der Waals surface area (Å²) in [6.07, 6.45) is -4.20. The zero-order valence-corrected chi connectivity index (χ0v) is 7.48. The summed E-state index contributed by atoms with van der Waals surface area (Å²) in [6.45, 7) is 1.61. The van der Waals surface area contributed by atoms with Gasteiger partial charge in [-0.3, -0.25) is 4.57 Å². The third kappa shape index (κ3) is 5.38. The van der Waals surface area contributed by atoms with Gasteiger partial charge in [-0.25, -0.2) is 0 Å². The van der Waals surface area contributed by atoms with Crippen molar-refractivity contribution in [2.75, 3.05) is 0 Å². The topological polar surface area (TPSA) is 37.3 Å². The first-order valence-electron chi connectivity index (χ1n) is 3.36. The fraction of sp³-hybridized carbons (Fsp3) is 0.667. The second-order valence-electron chi connectivity index (χ2n) is 2.23. The molecule has 0 saturated carbocycles. The molecule has 0 aromatic heterocycles. The maximum absolute atomic E-state index is 11.7. The number of rotatable bonds is 3. The smallest absolute Gasteiger partial charge is 0.343 e. The van der Waals surface area contributed by atoms with Crippen LogP contribution in [-0.2, 0) is 4.57 Å². The van der Waals surface area contributed by atoms with Crippen molar-refractivity contribution in [3.05, 3.63) is 11.4 Å². The van der Waals surface area contributed by atoms with Gasteiger partial charge in [0, 0.05) is 5.31 Å². The molecule has 0 radical (unpaired) electrons. The monoisotopic (exact) mass is 202 g/mol. The van der Waals surface area contributed by atoms with Gasteiger partial charge in [-0.1, -0.05) is 13.0 Å². The Balaban J connectivity index is 4.36. The SMILES string of the molecule is CCC=C(CC(F)(F)F)[PH](=O)O.